The number of carboxylic acids is 2. The summed E-state index contributed by atoms with van der Waals surface area (Å²) in [7, 11) is 0. The van der Waals surface area contributed by atoms with E-state index in [0.29, 0.717) is 32.7 Å². The first-order valence-corrected chi connectivity index (χ1v) is 21.3. The number of amides is 4. The van der Waals surface area contributed by atoms with E-state index in [1.807, 2.05) is 0 Å². The highest BCUT2D eigenvalue weighted by molar-refractivity contribution is 8.01. The fourth-order valence-corrected chi connectivity index (χ4v) is 9.42. The van der Waals surface area contributed by atoms with Crippen LogP contribution in [0.3, 0.4) is 0 Å². The number of benzene rings is 1. The SMILES string of the molecule is CC(C)(C)OC(=O)NCCC[C@@H](C(=O)NC(C(=O)O)C(C)(C)C)[n+]1ccc(SCC2=C(C(=O)O)N3C(=O)[C@H](NC(=O)CSc4cc(Cl)ccc4Cl)[C@H]3SC2)cc1. The normalized spacial score (nSPS) is 17.9. The Labute approximate surface area is 348 Å². The number of pyridine rings is 1. The van der Waals surface area contributed by atoms with Crippen molar-refractivity contribution in [1.82, 2.24) is 20.9 Å². The Morgan fingerprint density at radius 3 is 2.32 bits per heavy atom. The maximum Gasteiger partial charge on any atom is 0.407 e. The molecule has 2 aromatic rings. The average molecular weight is 872 g/mol. The maximum atomic E-state index is 13.6. The number of aromatic nitrogens is 1. The number of nitrogens with one attached hydrogen (secondary N) is 3. The summed E-state index contributed by atoms with van der Waals surface area (Å²) in [5.74, 6) is -3.25. The van der Waals surface area contributed by atoms with E-state index >= 15 is 0 Å². The van der Waals surface area contributed by atoms with Crippen molar-refractivity contribution in [2.24, 2.45) is 5.41 Å². The van der Waals surface area contributed by atoms with Gasteiger partial charge >= 0.3 is 18.0 Å². The van der Waals surface area contributed by atoms with Gasteiger partial charge in [-0.05, 0) is 56.4 Å². The minimum Gasteiger partial charge on any atom is -0.480 e. The zero-order valence-corrected chi connectivity index (χ0v) is 35.7. The zero-order chi connectivity index (χ0) is 41.5. The van der Waals surface area contributed by atoms with Crippen molar-refractivity contribution in [3.05, 3.63) is 64.0 Å². The van der Waals surface area contributed by atoms with Crippen molar-refractivity contribution in [3.63, 3.8) is 0 Å². The Balaban J connectivity index is 1.40. The Kier molecular flexibility index (Phi) is 15.5. The van der Waals surface area contributed by atoms with Crippen LogP contribution in [0.15, 0.2) is 63.8 Å². The van der Waals surface area contributed by atoms with E-state index < -0.39 is 70.3 Å². The van der Waals surface area contributed by atoms with Gasteiger partial charge in [-0.25, -0.2) is 14.4 Å². The number of rotatable bonds is 16. The Bertz CT molecular complexity index is 1870. The molecule has 2 aliphatic rings. The number of thioether (sulfide) groups is 3. The van der Waals surface area contributed by atoms with Crippen LogP contribution >= 0.6 is 58.5 Å². The first kappa shape index (κ1) is 45.1. The van der Waals surface area contributed by atoms with Gasteiger partial charge in [-0.2, -0.15) is 4.57 Å². The maximum absolute atomic E-state index is 13.6. The van der Waals surface area contributed by atoms with Gasteiger partial charge in [0.05, 0.1) is 10.8 Å². The van der Waals surface area contributed by atoms with Crippen LogP contribution in [0.2, 0.25) is 10.0 Å². The zero-order valence-electron chi connectivity index (χ0n) is 31.7. The summed E-state index contributed by atoms with van der Waals surface area (Å²) in [6.07, 6.45) is 3.43. The van der Waals surface area contributed by atoms with E-state index in [9.17, 15) is 39.0 Å². The van der Waals surface area contributed by atoms with Crippen LogP contribution in [0.4, 0.5) is 4.79 Å². The van der Waals surface area contributed by atoms with Gasteiger partial charge in [-0.3, -0.25) is 19.3 Å². The van der Waals surface area contributed by atoms with E-state index in [2.05, 4.69) is 16.0 Å². The van der Waals surface area contributed by atoms with E-state index in [4.69, 9.17) is 27.9 Å². The molecule has 1 fully saturated rings. The molecule has 2 aliphatic heterocycles. The number of nitrogens with zero attached hydrogens (tertiary/aromatic N) is 2. The Morgan fingerprint density at radius 2 is 1.71 bits per heavy atom. The number of ether oxygens (including phenoxy) is 1. The van der Waals surface area contributed by atoms with Gasteiger partial charge in [0, 0.05) is 51.4 Å². The number of alkyl carbamates (subject to hydrolysis) is 1. The van der Waals surface area contributed by atoms with Crippen LogP contribution < -0.4 is 20.5 Å². The molecule has 3 heterocycles. The summed E-state index contributed by atoms with van der Waals surface area (Å²) in [6.45, 7) is 10.6. The second-order valence-corrected chi connectivity index (χ2v) is 19.1. The standard InChI is InChI=1S/C37H45Cl2N5O9S3/c1-36(2,3)29(34(50)51)42-30(46)24(8-7-13-40-35(52)53-37(4,5)6)43-14-11-22(12-15-43)54-17-20-18-56-32-27(31(47)44(32)28(20)33(48)49)41-26(45)19-55-25-16-21(38)9-10-23(25)39/h9-12,14-16,24,27,29,32H,7-8,13,17-19H2,1-6H3,(H4-,40,41,42,45,46,48,49,50,51,52)/p+1/t24-,27-,29?,32+/m0/s1. The number of β-lactam (4-membered cyclic amide) rings is 1. The minimum atomic E-state index is -1.24. The van der Waals surface area contributed by atoms with E-state index in [0.717, 1.165) is 4.90 Å². The topological polar surface area (TPSA) is 195 Å². The predicted molar refractivity (Wildman–Crippen MR) is 216 cm³/mol. The molecule has 5 N–H and O–H groups in total. The van der Waals surface area contributed by atoms with Crippen LogP contribution in [0.1, 0.15) is 60.4 Å². The quantitative estimate of drug-likeness (QED) is 0.0628. The van der Waals surface area contributed by atoms with Crippen LogP contribution in [0, 0.1) is 5.41 Å². The third-order valence-corrected chi connectivity index (χ3v) is 12.6. The first-order valence-electron chi connectivity index (χ1n) is 17.6. The molecule has 0 radical (unpaired) electrons. The summed E-state index contributed by atoms with van der Waals surface area (Å²) in [5, 5.41) is 28.4. The molecule has 56 heavy (non-hydrogen) atoms. The molecule has 1 unspecified atom stereocenters. The lowest BCUT2D eigenvalue weighted by Crippen LogP contribution is -2.70. The lowest BCUT2D eigenvalue weighted by atomic mass is 9.86. The number of hydrogen-bond acceptors (Lipinski definition) is 10. The van der Waals surface area contributed by atoms with Gasteiger partial charge in [0.25, 0.3) is 11.8 Å². The summed E-state index contributed by atoms with van der Waals surface area (Å²) in [6, 6.07) is 5.59. The fourth-order valence-electron chi connectivity index (χ4n) is 5.74. The Morgan fingerprint density at radius 1 is 1.04 bits per heavy atom. The average Bonchev–Trinajstić information content (AvgIpc) is 3.10. The van der Waals surface area contributed by atoms with Crippen LogP contribution in [-0.4, -0.2) is 97.7 Å². The third-order valence-electron chi connectivity index (χ3n) is 8.44. The molecule has 1 aromatic carbocycles. The predicted octanol–water partition coefficient (Wildman–Crippen LogP) is 5.37. The van der Waals surface area contributed by atoms with Gasteiger partial charge in [-0.15, -0.1) is 35.3 Å². The number of hydrogen-bond donors (Lipinski definition) is 5. The number of carboxylic acid groups (broad SMARTS) is 2. The summed E-state index contributed by atoms with van der Waals surface area (Å²) < 4.78 is 6.94. The van der Waals surface area contributed by atoms with Crippen molar-refractivity contribution in [2.75, 3.05) is 23.8 Å². The van der Waals surface area contributed by atoms with Gasteiger partial charge < -0.3 is 30.9 Å². The van der Waals surface area contributed by atoms with Crippen LogP contribution in [0.5, 0.6) is 0 Å². The molecule has 19 heteroatoms. The number of carbonyl (C=O) groups excluding carboxylic acids is 4. The van der Waals surface area contributed by atoms with Crippen molar-refractivity contribution in [1.29, 1.82) is 0 Å². The number of fused-ring (bicyclic) bond motifs is 1. The largest absolute Gasteiger partial charge is 0.480 e. The van der Waals surface area contributed by atoms with E-state index in [-0.39, 0.29) is 30.2 Å². The molecule has 0 saturated carbocycles. The first-order chi connectivity index (χ1) is 26.2. The molecule has 4 rings (SSSR count). The number of aliphatic carboxylic acids is 2. The van der Waals surface area contributed by atoms with Gasteiger partial charge in [0.1, 0.15) is 28.8 Å². The lowest BCUT2D eigenvalue weighted by Gasteiger charge is -2.49. The molecule has 4 atom stereocenters. The smallest absolute Gasteiger partial charge is 0.407 e. The van der Waals surface area contributed by atoms with Gasteiger partial charge in [0.2, 0.25) is 11.9 Å². The lowest BCUT2D eigenvalue weighted by molar-refractivity contribution is -0.710. The molecule has 0 bridgehead atoms. The summed E-state index contributed by atoms with van der Waals surface area (Å²) >= 11 is 16.1. The number of carbonyl (C=O) groups is 6. The van der Waals surface area contributed by atoms with Crippen molar-refractivity contribution in [3.8, 4) is 0 Å². The third kappa shape index (κ3) is 12.2. The van der Waals surface area contributed by atoms with Crippen molar-refractivity contribution >= 4 is 94.2 Å². The highest BCUT2D eigenvalue weighted by Crippen LogP contribution is 2.42. The highest BCUT2D eigenvalue weighted by atomic mass is 35.5. The van der Waals surface area contributed by atoms with Crippen molar-refractivity contribution < 1.29 is 48.3 Å². The highest BCUT2D eigenvalue weighted by Gasteiger charge is 2.54. The summed E-state index contributed by atoms with van der Waals surface area (Å²) in [5.41, 5.74) is -1.000. The van der Waals surface area contributed by atoms with Gasteiger partial charge in [-0.1, -0.05) is 44.0 Å². The molecule has 1 saturated heterocycles. The second-order valence-electron chi connectivity index (χ2n) is 15.1. The molecule has 4 amide bonds. The van der Waals surface area contributed by atoms with Crippen LogP contribution in [-0.2, 0) is 28.7 Å². The van der Waals surface area contributed by atoms with Crippen LogP contribution in [0.25, 0.3) is 0 Å². The molecule has 1 aromatic heterocycles. The molecule has 0 spiro atoms. The van der Waals surface area contributed by atoms with Crippen molar-refractivity contribution in [2.45, 2.75) is 93.3 Å². The van der Waals surface area contributed by atoms with E-state index in [1.165, 1.54) is 40.2 Å². The fraction of sp³-hybridized carbons (Fsp3) is 0.486. The molecular formula is C37H46Cl2N5O9S3+. The number of halogens is 2. The summed E-state index contributed by atoms with van der Waals surface area (Å²) in [4.78, 5) is 78.7. The molecular weight excluding hydrogens is 826 g/mol. The second kappa shape index (κ2) is 19.2. The molecule has 304 valence electrons. The van der Waals surface area contributed by atoms with E-state index in [1.54, 1.807) is 88.8 Å². The molecule has 0 aliphatic carbocycles. The minimum absolute atomic E-state index is 0.0156. The van der Waals surface area contributed by atoms with Gasteiger partial charge in [0.15, 0.2) is 12.4 Å². The molecule has 14 nitrogen and oxygen atoms in total. The Hall–Kier alpha value is -3.64. The monoisotopic (exact) mass is 870 g/mol.